The van der Waals surface area contributed by atoms with Crippen LogP contribution in [0.5, 0.6) is 0 Å². The van der Waals surface area contributed by atoms with Crippen molar-refractivity contribution in [2.45, 2.75) is 18.9 Å². The molecule has 3 aromatic rings. The minimum atomic E-state index is -0.317. The van der Waals surface area contributed by atoms with Crippen LogP contribution < -0.4 is 10.9 Å². The van der Waals surface area contributed by atoms with Crippen molar-refractivity contribution in [2.24, 2.45) is 0 Å². The highest BCUT2D eigenvalue weighted by Gasteiger charge is 2.14. The lowest BCUT2D eigenvalue weighted by Crippen LogP contribution is -2.41. The summed E-state index contributed by atoms with van der Waals surface area (Å²) in [6.45, 7) is 3.38. The molecule has 128 valence electrons. The van der Waals surface area contributed by atoms with Crippen LogP contribution in [0, 0.1) is 6.92 Å². The van der Waals surface area contributed by atoms with Gasteiger partial charge >= 0.3 is 0 Å². The second-order valence-corrected chi connectivity index (χ2v) is 7.21. The number of thiophene rings is 1. The summed E-state index contributed by atoms with van der Waals surface area (Å²) in [5.74, 6) is -0.461. The van der Waals surface area contributed by atoms with E-state index in [1.807, 2.05) is 6.92 Å². The molecule has 0 saturated carbocycles. The first-order valence-electron chi connectivity index (χ1n) is 7.52. The number of amides is 2. The number of carbonyl (C=O) groups excluding carboxylic acids is 2. The van der Waals surface area contributed by atoms with E-state index in [1.54, 1.807) is 11.3 Å². The Morgan fingerprint density at radius 3 is 2.64 bits per heavy atom. The van der Waals surface area contributed by atoms with Crippen molar-refractivity contribution in [1.29, 1.82) is 0 Å². The Balaban J connectivity index is 1.86. The summed E-state index contributed by atoms with van der Waals surface area (Å²) in [4.78, 5) is 32.2. The van der Waals surface area contributed by atoms with E-state index < -0.39 is 0 Å². The maximum atomic E-state index is 11.8. The standard InChI is InChI=1S/C17H16N4O2S2/c1-10-3-5-12(6-4-10)13-7-24-16-15(13)17(19-9-18-16)25-8-14(23)21-20-11(2)22/h3-7,9H,8H2,1-2H3,(H,20,22)(H,21,23). The van der Waals surface area contributed by atoms with Crippen molar-refractivity contribution in [1.82, 2.24) is 20.8 Å². The Morgan fingerprint density at radius 1 is 1.16 bits per heavy atom. The van der Waals surface area contributed by atoms with Crippen LogP contribution in [-0.4, -0.2) is 27.5 Å². The number of benzene rings is 1. The monoisotopic (exact) mass is 372 g/mol. The fraction of sp³-hybridized carbons (Fsp3) is 0.176. The van der Waals surface area contributed by atoms with E-state index >= 15 is 0 Å². The molecule has 0 aliphatic carbocycles. The van der Waals surface area contributed by atoms with E-state index in [4.69, 9.17) is 0 Å². The first-order chi connectivity index (χ1) is 12.0. The van der Waals surface area contributed by atoms with Crippen molar-refractivity contribution in [3.8, 4) is 11.1 Å². The summed E-state index contributed by atoms with van der Waals surface area (Å²) in [5.41, 5.74) is 7.97. The first-order valence-corrected chi connectivity index (χ1v) is 9.38. The number of hydrazine groups is 1. The molecule has 0 spiro atoms. The van der Waals surface area contributed by atoms with Crippen molar-refractivity contribution < 1.29 is 9.59 Å². The maximum absolute atomic E-state index is 11.8. The number of fused-ring (bicyclic) bond motifs is 1. The first kappa shape index (κ1) is 17.4. The molecule has 8 heteroatoms. The Bertz CT molecular complexity index is 922. The molecule has 0 aliphatic rings. The Hall–Kier alpha value is -2.45. The zero-order chi connectivity index (χ0) is 17.8. The van der Waals surface area contributed by atoms with Gasteiger partial charge in [0.2, 0.25) is 11.8 Å². The molecule has 0 atom stereocenters. The van der Waals surface area contributed by atoms with E-state index in [2.05, 4.69) is 50.5 Å². The third kappa shape index (κ3) is 4.15. The molecular formula is C17H16N4O2S2. The second-order valence-electron chi connectivity index (χ2n) is 5.39. The van der Waals surface area contributed by atoms with E-state index in [0.29, 0.717) is 0 Å². The van der Waals surface area contributed by atoms with Crippen LogP contribution in [0.2, 0.25) is 0 Å². The van der Waals surface area contributed by atoms with Gasteiger partial charge in [-0.15, -0.1) is 11.3 Å². The normalized spacial score (nSPS) is 10.6. The molecule has 0 fully saturated rings. The number of nitrogens with one attached hydrogen (secondary N) is 2. The molecule has 2 N–H and O–H groups in total. The summed E-state index contributed by atoms with van der Waals surface area (Å²) in [6, 6.07) is 8.27. The zero-order valence-corrected chi connectivity index (χ0v) is 15.3. The minimum absolute atomic E-state index is 0.148. The third-order valence-electron chi connectivity index (χ3n) is 3.42. The Morgan fingerprint density at radius 2 is 1.92 bits per heavy atom. The molecule has 0 bridgehead atoms. The van der Waals surface area contributed by atoms with Crippen LogP contribution in [0.3, 0.4) is 0 Å². The van der Waals surface area contributed by atoms with Gasteiger partial charge in [-0.3, -0.25) is 20.4 Å². The van der Waals surface area contributed by atoms with Gasteiger partial charge in [-0.2, -0.15) is 0 Å². The van der Waals surface area contributed by atoms with Crippen LogP contribution in [0.4, 0.5) is 0 Å². The molecule has 3 rings (SSSR count). The predicted octanol–water partition coefficient (Wildman–Crippen LogP) is 2.93. The summed E-state index contributed by atoms with van der Waals surface area (Å²) < 4.78 is 0. The highest BCUT2D eigenvalue weighted by atomic mass is 32.2. The Kier molecular flexibility index (Phi) is 5.30. The average Bonchev–Trinajstić information content (AvgIpc) is 3.03. The fourth-order valence-corrected chi connectivity index (χ4v) is 4.02. The summed E-state index contributed by atoms with van der Waals surface area (Å²) in [7, 11) is 0. The van der Waals surface area contributed by atoms with Crippen LogP contribution in [0.15, 0.2) is 41.0 Å². The van der Waals surface area contributed by atoms with E-state index in [9.17, 15) is 9.59 Å². The van der Waals surface area contributed by atoms with E-state index in [1.165, 1.54) is 30.6 Å². The molecule has 2 heterocycles. The highest BCUT2D eigenvalue weighted by molar-refractivity contribution is 8.00. The highest BCUT2D eigenvalue weighted by Crippen LogP contribution is 2.37. The number of aromatic nitrogens is 2. The molecule has 2 aromatic heterocycles. The maximum Gasteiger partial charge on any atom is 0.248 e. The van der Waals surface area contributed by atoms with Gasteiger partial charge < -0.3 is 0 Å². The molecule has 1 aromatic carbocycles. The lowest BCUT2D eigenvalue weighted by atomic mass is 10.1. The average molecular weight is 372 g/mol. The third-order valence-corrected chi connectivity index (χ3v) is 5.29. The SMILES string of the molecule is CC(=O)NNC(=O)CSc1ncnc2scc(-c3ccc(C)cc3)c12. The van der Waals surface area contributed by atoms with Gasteiger partial charge in [0.1, 0.15) is 16.2 Å². The fourth-order valence-electron chi connectivity index (χ4n) is 2.23. The van der Waals surface area contributed by atoms with Crippen LogP contribution in [0.25, 0.3) is 21.3 Å². The van der Waals surface area contributed by atoms with Gasteiger partial charge in [-0.25, -0.2) is 9.97 Å². The van der Waals surface area contributed by atoms with Gasteiger partial charge in [0.15, 0.2) is 0 Å². The zero-order valence-electron chi connectivity index (χ0n) is 13.7. The number of hydrogen-bond acceptors (Lipinski definition) is 6. The lowest BCUT2D eigenvalue weighted by molar-refractivity contribution is -0.126. The summed E-state index contributed by atoms with van der Waals surface area (Å²) >= 11 is 2.87. The van der Waals surface area contributed by atoms with Crippen molar-refractivity contribution in [3.05, 3.63) is 41.5 Å². The number of nitrogens with zero attached hydrogens (tertiary/aromatic N) is 2. The van der Waals surface area contributed by atoms with Gasteiger partial charge in [-0.05, 0) is 12.5 Å². The van der Waals surface area contributed by atoms with Crippen molar-refractivity contribution >= 4 is 45.1 Å². The molecule has 0 saturated heterocycles. The number of aryl methyl sites for hydroxylation is 1. The predicted molar refractivity (Wildman–Crippen MR) is 100 cm³/mol. The van der Waals surface area contributed by atoms with Crippen molar-refractivity contribution in [3.63, 3.8) is 0 Å². The molecule has 25 heavy (non-hydrogen) atoms. The summed E-state index contributed by atoms with van der Waals surface area (Å²) in [6.07, 6.45) is 1.51. The topological polar surface area (TPSA) is 84.0 Å². The Labute approximate surface area is 153 Å². The molecule has 6 nitrogen and oxygen atoms in total. The quantitative estimate of drug-likeness (QED) is 0.418. The van der Waals surface area contributed by atoms with Crippen LogP contribution in [-0.2, 0) is 9.59 Å². The van der Waals surface area contributed by atoms with E-state index in [0.717, 1.165) is 26.4 Å². The second kappa shape index (κ2) is 7.62. The number of rotatable bonds is 4. The van der Waals surface area contributed by atoms with Gasteiger partial charge in [0.25, 0.3) is 0 Å². The van der Waals surface area contributed by atoms with Gasteiger partial charge in [0.05, 0.1) is 11.1 Å². The minimum Gasteiger partial charge on any atom is -0.274 e. The molecule has 2 amide bonds. The molecule has 0 radical (unpaired) electrons. The van der Waals surface area contributed by atoms with Gasteiger partial charge in [-0.1, -0.05) is 41.6 Å². The number of thioether (sulfide) groups is 1. The lowest BCUT2D eigenvalue weighted by Gasteiger charge is -2.07. The summed E-state index contributed by atoms with van der Waals surface area (Å²) in [5, 5.41) is 3.76. The molecular weight excluding hydrogens is 356 g/mol. The largest absolute Gasteiger partial charge is 0.274 e. The molecule has 0 unspecified atom stereocenters. The van der Waals surface area contributed by atoms with E-state index in [-0.39, 0.29) is 17.6 Å². The molecule has 0 aliphatic heterocycles. The number of hydrogen-bond donors (Lipinski definition) is 2. The van der Waals surface area contributed by atoms with Crippen molar-refractivity contribution in [2.75, 3.05) is 5.75 Å². The van der Waals surface area contributed by atoms with Crippen LogP contribution >= 0.6 is 23.1 Å². The van der Waals surface area contributed by atoms with Crippen LogP contribution in [0.1, 0.15) is 12.5 Å². The smallest absolute Gasteiger partial charge is 0.248 e. The number of carbonyl (C=O) groups is 2. The van der Waals surface area contributed by atoms with Gasteiger partial charge in [0, 0.05) is 17.9 Å².